The first-order valence-electron chi connectivity index (χ1n) is 13.4. The van der Waals surface area contributed by atoms with Gasteiger partial charge in [-0.2, -0.15) is 0 Å². The monoisotopic (exact) mass is 537 g/mol. The molecule has 2 aromatic carbocycles. The zero-order valence-electron chi connectivity index (χ0n) is 22.6. The summed E-state index contributed by atoms with van der Waals surface area (Å²) < 4.78 is 21.7. The first-order chi connectivity index (χ1) is 19.4. The van der Waals surface area contributed by atoms with Crippen molar-refractivity contribution in [2.24, 2.45) is 5.92 Å². The molecule has 0 bridgehead atoms. The Morgan fingerprint density at radius 2 is 1.85 bits per heavy atom. The summed E-state index contributed by atoms with van der Waals surface area (Å²) in [7, 11) is 0. The van der Waals surface area contributed by atoms with Crippen LogP contribution in [-0.4, -0.2) is 44.3 Å². The highest BCUT2D eigenvalue weighted by Crippen LogP contribution is 2.39. The molecule has 1 unspecified atom stereocenters. The Balaban J connectivity index is 1.41. The van der Waals surface area contributed by atoms with Crippen molar-refractivity contribution in [1.29, 1.82) is 10.8 Å². The normalized spacial score (nSPS) is 14.4. The second kappa shape index (κ2) is 12.0. The van der Waals surface area contributed by atoms with Gasteiger partial charge < -0.3 is 20.0 Å². The third kappa shape index (κ3) is 6.14. The van der Waals surface area contributed by atoms with E-state index in [0.717, 1.165) is 47.7 Å². The van der Waals surface area contributed by atoms with Crippen molar-refractivity contribution in [3.8, 4) is 22.6 Å². The fourth-order valence-corrected chi connectivity index (χ4v) is 4.66. The molecule has 3 N–H and O–H groups in total. The van der Waals surface area contributed by atoms with Crippen molar-refractivity contribution in [3.63, 3.8) is 0 Å². The van der Waals surface area contributed by atoms with Crippen LogP contribution in [0.3, 0.4) is 0 Å². The number of rotatable bonds is 10. The summed E-state index contributed by atoms with van der Waals surface area (Å²) in [5.74, 6) is 1.54. The van der Waals surface area contributed by atoms with Gasteiger partial charge in [-0.1, -0.05) is 44.2 Å². The van der Waals surface area contributed by atoms with E-state index >= 15 is 0 Å². The number of aromatic nitrogens is 4. The summed E-state index contributed by atoms with van der Waals surface area (Å²) in [6.45, 7) is 5.25. The molecule has 0 aliphatic carbocycles. The molecule has 40 heavy (non-hydrogen) atoms. The van der Waals surface area contributed by atoms with Crippen molar-refractivity contribution >= 4 is 17.6 Å². The van der Waals surface area contributed by atoms with Gasteiger partial charge in [-0.05, 0) is 54.3 Å². The van der Waals surface area contributed by atoms with E-state index < -0.39 is 0 Å². The lowest BCUT2D eigenvalue weighted by Crippen LogP contribution is -2.16. The van der Waals surface area contributed by atoms with Gasteiger partial charge in [0.25, 0.3) is 0 Å². The molecule has 0 fully saturated rings. The summed E-state index contributed by atoms with van der Waals surface area (Å²) in [6.07, 6.45) is 6.34. The number of anilines is 1. The van der Waals surface area contributed by atoms with Crippen LogP contribution in [0.5, 0.6) is 0 Å². The first-order valence-corrected chi connectivity index (χ1v) is 13.4. The summed E-state index contributed by atoms with van der Waals surface area (Å²) in [5.41, 5.74) is 4.12. The number of nitrogens with zero attached hydrogens (tertiary/aromatic N) is 4. The van der Waals surface area contributed by atoms with Crippen LogP contribution < -0.4 is 5.32 Å². The van der Waals surface area contributed by atoms with Gasteiger partial charge in [-0.15, -0.1) is 0 Å². The van der Waals surface area contributed by atoms with Crippen LogP contribution in [0.25, 0.3) is 22.6 Å². The van der Waals surface area contributed by atoms with Crippen molar-refractivity contribution < 1.29 is 9.13 Å². The lowest BCUT2D eigenvalue weighted by atomic mass is 10.1. The number of fused-ring (bicyclic) bond motifs is 1. The van der Waals surface area contributed by atoms with Gasteiger partial charge in [0.05, 0.1) is 28.8 Å². The minimum absolute atomic E-state index is 0.0169. The minimum Gasteiger partial charge on any atom is -0.476 e. The second-order valence-electron chi connectivity index (χ2n) is 10.1. The zero-order chi connectivity index (χ0) is 28.1. The Labute approximate surface area is 233 Å². The van der Waals surface area contributed by atoms with Crippen LogP contribution in [0.1, 0.15) is 37.7 Å². The maximum absolute atomic E-state index is 13.7. The molecule has 2 aromatic heterocycles. The largest absolute Gasteiger partial charge is 0.476 e. The number of hydrogen-bond donors (Lipinski definition) is 3. The molecule has 1 aliphatic heterocycles. The Hall–Kier alpha value is -4.66. The average molecular weight is 538 g/mol. The predicted molar refractivity (Wildman–Crippen MR) is 155 cm³/mol. The Kier molecular flexibility index (Phi) is 8.10. The van der Waals surface area contributed by atoms with Crippen LogP contribution in [0.2, 0.25) is 0 Å². The number of allylic oxidation sites excluding steroid dienone is 1. The molecule has 4 aromatic rings. The molecule has 1 aliphatic rings. The SMILES string of the molecule is CC(C)CNc1nccc(-c2c(-c3ccc(F)cc3)nc3n2C(COC(=N)/C=C\C(=N)c2ccccc2)CC3)n1. The van der Waals surface area contributed by atoms with E-state index in [9.17, 15) is 4.39 Å². The van der Waals surface area contributed by atoms with Crippen molar-refractivity contribution in [1.82, 2.24) is 19.5 Å². The maximum atomic E-state index is 13.7. The van der Waals surface area contributed by atoms with Gasteiger partial charge in [-0.25, -0.2) is 19.3 Å². The van der Waals surface area contributed by atoms with Gasteiger partial charge in [0.2, 0.25) is 11.8 Å². The topological polar surface area (TPSA) is 113 Å². The highest BCUT2D eigenvalue weighted by atomic mass is 19.1. The Morgan fingerprint density at radius 1 is 1.07 bits per heavy atom. The second-order valence-corrected chi connectivity index (χ2v) is 10.1. The van der Waals surface area contributed by atoms with Crippen molar-refractivity contribution in [2.45, 2.75) is 32.7 Å². The molecular formula is C31H32FN7O. The van der Waals surface area contributed by atoms with E-state index in [1.54, 1.807) is 24.4 Å². The third-order valence-electron chi connectivity index (χ3n) is 6.65. The predicted octanol–water partition coefficient (Wildman–Crippen LogP) is 6.32. The van der Waals surface area contributed by atoms with Gasteiger partial charge in [0.1, 0.15) is 18.2 Å². The van der Waals surface area contributed by atoms with E-state index in [2.05, 4.69) is 28.7 Å². The molecule has 0 saturated carbocycles. The molecule has 9 heteroatoms. The molecule has 204 valence electrons. The molecule has 5 rings (SSSR count). The van der Waals surface area contributed by atoms with E-state index in [-0.39, 0.29) is 24.4 Å². The number of imidazole rings is 1. The van der Waals surface area contributed by atoms with Gasteiger partial charge in [0.15, 0.2) is 0 Å². The fraction of sp³-hybridized carbons (Fsp3) is 0.258. The van der Waals surface area contributed by atoms with Crippen LogP contribution >= 0.6 is 0 Å². The lowest BCUT2D eigenvalue weighted by Gasteiger charge is -2.18. The highest BCUT2D eigenvalue weighted by molar-refractivity contribution is 6.08. The minimum atomic E-state index is -0.308. The highest BCUT2D eigenvalue weighted by Gasteiger charge is 2.31. The summed E-state index contributed by atoms with van der Waals surface area (Å²) >= 11 is 0. The van der Waals surface area contributed by atoms with E-state index in [1.807, 2.05) is 36.4 Å². The number of nitrogens with one attached hydrogen (secondary N) is 3. The smallest absolute Gasteiger partial charge is 0.223 e. The Bertz CT molecular complexity index is 1530. The number of hydrogen-bond acceptors (Lipinski definition) is 7. The molecule has 0 saturated heterocycles. The van der Waals surface area contributed by atoms with Crippen LogP contribution in [0.15, 0.2) is 79.0 Å². The number of benzene rings is 2. The van der Waals surface area contributed by atoms with Gasteiger partial charge in [-0.3, -0.25) is 5.41 Å². The van der Waals surface area contributed by atoms with Gasteiger partial charge in [0, 0.05) is 30.8 Å². The first kappa shape index (κ1) is 26.9. The standard InChI is InChI=1S/C31H32FN7O/c1-20(2)18-36-31-35-17-16-26(37-31)30-29(22-8-10-23(32)11-9-22)38-28-15-12-24(39(28)30)19-40-27(34)14-13-25(33)21-6-4-3-5-7-21/h3-11,13-14,16-17,20,24,33-34H,12,15,18-19H2,1-2H3,(H,35,36,37)/b14-13-,33-25?,34-27?. The van der Waals surface area contributed by atoms with Crippen molar-refractivity contribution in [3.05, 3.63) is 96.2 Å². The molecule has 1 atom stereocenters. The lowest BCUT2D eigenvalue weighted by molar-refractivity contribution is 0.244. The molecule has 0 radical (unpaired) electrons. The molecule has 8 nitrogen and oxygen atoms in total. The maximum Gasteiger partial charge on any atom is 0.223 e. The van der Waals surface area contributed by atoms with Gasteiger partial charge >= 0.3 is 0 Å². The van der Waals surface area contributed by atoms with Crippen molar-refractivity contribution in [2.75, 3.05) is 18.5 Å². The van der Waals surface area contributed by atoms with Crippen LogP contribution in [0.4, 0.5) is 10.3 Å². The summed E-state index contributed by atoms with van der Waals surface area (Å²) in [5, 5.41) is 19.8. The molecule has 0 spiro atoms. The Morgan fingerprint density at radius 3 is 2.60 bits per heavy atom. The zero-order valence-corrected chi connectivity index (χ0v) is 22.6. The van der Waals surface area contributed by atoms with E-state index in [0.29, 0.717) is 23.3 Å². The quantitative estimate of drug-likeness (QED) is 0.162. The average Bonchev–Trinajstić information content (AvgIpc) is 3.54. The van der Waals surface area contributed by atoms with Crippen LogP contribution in [0, 0.1) is 22.6 Å². The van der Waals surface area contributed by atoms with Crippen LogP contribution in [-0.2, 0) is 11.2 Å². The number of ether oxygens (including phenoxy) is 1. The van der Waals surface area contributed by atoms with E-state index in [4.69, 9.17) is 25.5 Å². The third-order valence-corrected chi connectivity index (χ3v) is 6.65. The number of aryl methyl sites for hydroxylation is 1. The summed E-state index contributed by atoms with van der Waals surface area (Å²) in [4.78, 5) is 14.1. The summed E-state index contributed by atoms with van der Waals surface area (Å²) in [6, 6.07) is 17.5. The molecule has 3 heterocycles. The van der Waals surface area contributed by atoms with E-state index in [1.165, 1.54) is 18.2 Å². The molecule has 0 amide bonds. The fourth-order valence-electron chi connectivity index (χ4n) is 4.66. The molecular weight excluding hydrogens is 505 g/mol. The number of halogens is 1.